The van der Waals surface area contributed by atoms with Crippen LogP contribution in [0.15, 0.2) is 95.7 Å². The summed E-state index contributed by atoms with van der Waals surface area (Å²) in [4.78, 5) is 16.3. The molecule has 0 spiro atoms. The smallest absolute Gasteiger partial charge is 0.243 e. The van der Waals surface area contributed by atoms with Gasteiger partial charge in [0.25, 0.3) is 0 Å². The Morgan fingerprint density at radius 1 is 1.00 bits per heavy atom. The van der Waals surface area contributed by atoms with Crippen LogP contribution in [0.2, 0.25) is 0 Å². The molecule has 0 N–H and O–H groups in total. The zero-order chi connectivity index (χ0) is 25.7. The number of amides is 1. The molecule has 0 atom stereocenters. The largest absolute Gasteiger partial charge is 0.332 e. The third-order valence-corrected chi connectivity index (χ3v) is 8.76. The summed E-state index contributed by atoms with van der Waals surface area (Å²) in [6.07, 6.45) is 1.47. The van der Waals surface area contributed by atoms with E-state index in [2.05, 4.69) is 6.58 Å². The molecule has 4 rings (SSSR count). The van der Waals surface area contributed by atoms with Gasteiger partial charge >= 0.3 is 0 Å². The van der Waals surface area contributed by atoms with Crippen molar-refractivity contribution in [1.82, 2.24) is 9.21 Å². The summed E-state index contributed by atoms with van der Waals surface area (Å²) in [5.74, 6) is -0.706. The molecule has 186 valence electrons. The molecule has 0 saturated heterocycles. The number of nitrogens with zero attached hydrogens (tertiary/aromatic N) is 2. The fraction of sp³-hybridized carbons (Fsp3) is 0.179. The fourth-order valence-electron chi connectivity index (χ4n) is 3.90. The highest BCUT2D eigenvalue weighted by Crippen LogP contribution is 2.24. The Bertz CT molecular complexity index is 1480. The van der Waals surface area contributed by atoms with Crippen LogP contribution >= 0.6 is 11.3 Å². The SMILES string of the molecule is C=CCN(CC(=O)N(Cc1ccc(F)cc1)Cc1sccc1C)S(=O)(=O)c1ccc2ccccc2c1. The van der Waals surface area contributed by atoms with E-state index in [1.165, 1.54) is 29.5 Å². The fourth-order valence-corrected chi connectivity index (χ4v) is 6.22. The molecule has 1 amide bonds. The number of benzene rings is 3. The first-order valence-electron chi connectivity index (χ1n) is 11.4. The Balaban J connectivity index is 1.62. The molecule has 0 aliphatic rings. The molecule has 1 heterocycles. The molecule has 8 heteroatoms. The second-order valence-corrected chi connectivity index (χ2v) is 11.4. The molecule has 0 saturated carbocycles. The first-order valence-corrected chi connectivity index (χ1v) is 13.7. The third kappa shape index (κ3) is 5.90. The summed E-state index contributed by atoms with van der Waals surface area (Å²) < 4.78 is 41.7. The van der Waals surface area contributed by atoms with Crippen LogP contribution in [0.5, 0.6) is 0 Å². The van der Waals surface area contributed by atoms with Gasteiger partial charge < -0.3 is 4.90 Å². The summed E-state index contributed by atoms with van der Waals surface area (Å²) in [5, 5.41) is 3.69. The van der Waals surface area contributed by atoms with Gasteiger partial charge in [-0.25, -0.2) is 12.8 Å². The first-order chi connectivity index (χ1) is 17.3. The summed E-state index contributed by atoms with van der Waals surface area (Å²) in [7, 11) is -3.96. The van der Waals surface area contributed by atoms with Crippen molar-refractivity contribution in [3.8, 4) is 0 Å². The lowest BCUT2D eigenvalue weighted by Crippen LogP contribution is -2.42. The topological polar surface area (TPSA) is 57.7 Å². The Morgan fingerprint density at radius 2 is 1.72 bits per heavy atom. The predicted molar refractivity (Wildman–Crippen MR) is 143 cm³/mol. The van der Waals surface area contributed by atoms with Crippen molar-refractivity contribution in [3.05, 3.63) is 113 Å². The lowest BCUT2D eigenvalue weighted by molar-refractivity contribution is -0.132. The maximum atomic E-state index is 13.6. The number of carbonyl (C=O) groups is 1. The molecule has 1 aromatic heterocycles. The summed E-state index contributed by atoms with van der Waals surface area (Å²) >= 11 is 1.54. The van der Waals surface area contributed by atoms with Crippen molar-refractivity contribution in [1.29, 1.82) is 0 Å². The highest BCUT2D eigenvalue weighted by atomic mass is 32.2. The lowest BCUT2D eigenvalue weighted by atomic mass is 10.1. The van der Waals surface area contributed by atoms with Crippen LogP contribution in [-0.2, 0) is 27.9 Å². The molecule has 0 aliphatic carbocycles. The van der Waals surface area contributed by atoms with Gasteiger partial charge in [-0.3, -0.25) is 4.79 Å². The minimum atomic E-state index is -3.96. The predicted octanol–water partition coefficient (Wildman–Crippen LogP) is 5.75. The zero-order valence-electron chi connectivity index (χ0n) is 19.9. The van der Waals surface area contributed by atoms with Crippen molar-refractivity contribution in [3.63, 3.8) is 0 Å². The third-order valence-electron chi connectivity index (χ3n) is 5.95. The number of fused-ring (bicyclic) bond motifs is 1. The summed E-state index contributed by atoms with van der Waals surface area (Å²) in [5.41, 5.74) is 1.82. The maximum Gasteiger partial charge on any atom is 0.243 e. The van der Waals surface area contributed by atoms with Crippen LogP contribution in [0.4, 0.5) is 4.39 Å². The van der Waals surface area contributed by atoms with Crippen molar-refractivity contribution < 1.29 is 17.6 Å². The number of halogens is 1. The van der Waals surface area contributed by atoms with Gasteiger partial charge in [-0.15, -0.1) is 17.9 Å². The minimum Gasteiger partial charge on any atom is -0.332 e. The number of rotatable bonds is 10. The number of hydrogen-bond acceptors (Lipinski definition) is 4. The van der Waals surface area contributed by atoms with Crippen LogP contribution in [-0.4, -0.2) is 36.6 Å². The van der Waals surface area contributed by atoms with Crippen LogP contribution in [0.3, 0.4) is 0 Å². The molecule has 36 heavy (non-hydrogen) atoms. The average molecular weight is 523 g/mol. The van der Waals surface area contributed by atoms with E-state index in [0.717, 1.165) is 31.1 Å². The number of thiophene rings is 1. The van der Waals surface area contributed by atoms with Gasteiger partial charge in [-0.05, 0) is 64.5 Å². The van der Waals surface area contributed by atoms with Gasteiger partial charge in [-0.2, -0.15) is 4.31 Å². The monoisotopic (exact) mass is 522 g/mol. The maximum absolute atomic E-state index is 13.6. The van der Waals surface area contributed by atoms with Gasteiger partial charge in [0, 0.05) is 18.0 Å². The minimum absolute atomic E-state index is 0.0106. The zero-order valence-corrected chi connectivity index (χ0v) is 21.6. The van der Waals surface area contributed by atoms with E-state index in [9.17, 15) is 17.6 Å². The lowest BCUT2D eigenvalue weighted by Gasteiger charge is -2.27. The van der Waals surface area contributed by atoms with E-state index in [0.29, 0.717) is 6.54 Å². The van der Waals surface area contributed by atoms with E-state index < -0.39 is 10.0 Å². The van der Waals surface area contributed by atoms with Crippen LogP contribution in [0.25, 0.3) is 10.8 Å². The van der Waals surface area contributed by atoms with E-state index in [-0.39, 0.29) is 36.3 Å². The number of hydrogen-bond donors (Lipinski definition) is 0. The standard InChI is InChI=1S/C28H27FN2O3S2/c1-3-15-31(36(33,34)26-13-10-23-6-4-5-7-24(23)17-26)20-28(32)30(19-27-21(2)14-16-35-27)18-22-8-11-25(29)12-9-22/h3-14,16-17H,1,15,18-20H2,2H3. The van der Waals surface area contributed by atoms with E-state index in [1.807, 2.05) is 42.6 Å². The molecular weight excluding hydrogens is 495 g/mol. The number of aryl methyl sites for hydroxylation is 1. The van der Waals surface area contributed by atoms with Gasteiger partial charge in [0.15, 0.2) is 0 Å². The molecule has 0 radical (unpaired) electrons. The van der Waals surface area contributed by atoms with Crippen LogP contribution < -0.4 is 0 Å². The van der Waals surface area contributed by atoms with E-state index in [4.69, 9.17) is 0 Å². The normalized spacial score (nSPS) is 11.6. The van der Waals surface area contributed by atoms with Crippen molar-refractivity contribution >= 4 is 38.0 Å². The van der Waals surface area contributed by atoms with Crippen LogP contribution in [0.1, 0.15) is 16.0 Å². The summed E-state index contributed by atoms with van der Waals surface area (Å²) in [6, 6.07) is 20.4. The molecule has 0 bridgehead atoms. The molecule has 0 unspecified atom stereocenters. The second-order valence-electron chi connectivity index (χ2n) is 8.50. The molecule has 0 fully saturated rings. The highest BCUT2D eigenvalue weighted by Gasteiger charge is 2.28. The quantitative estimate of drug-likeness (QED) is 0.249. The van der Waals surface area contributed by atoms with Crippen LogP contribution in [0, 0.1) is 12.7 Å². The van der Waals surface area contributed by atoms with Crippen molar-refractivity contribution in [2.24, 2.45) is 0 Å². The van der Waals surface area contributed by atoms with E-state index in [1.54, 1.807) is 35.2 Å². The van der Waals surface area contributed by atoms with E-state index >= 15 is 0 Å². The van der Waals surface area contributed by atoms with Gasteiger partial charge in [0.05, 0.1) is 18.0 Å². The van der Waals surface area contributed by atoms with Crippen molar-refractivity contribution in [2.45, 2.75) is 24.9 Å². The molecule has 0 aliphatic heterocycles. The van der Waals surface area contributed by atoms with Gasteiger partial charge in [0.1, 0.15) is 5.82 Å². The Hall–Kier alpha value is -3.33. The molecule has 5 nitrogen and oxygen atoms in total. The van der Waals surface area contributed by atoms with Crippen molar-refractivity contribution in [2.75, 3.05) is 13.1 Å². The Labute approximate surface area is 215 Å². The molecule has 4 aromatic rings. The second kappa shape index (κ2) is 11.2. The molecule has 3 aromatic carbocycles. The highest BCUT2D eigenvalue weighted by molar-refractivity contribution is 7.89. The summed E-state index contributed by atoms with van der Waals surface area (Å²) in [6.45, 7) is 5.88. The first kappa shape index (κ1) is 25.8. The Kier molecular flexibility index (Phi) is 7.98. The Morgan fingerprint density at radius 3 is 2.39 bits per heavy atom. The number of sulfonamides is 1. The number of carbonyl (C=O) groups excluding carboxylic acids is 1. The van der Waals surface area contributed by atoms with Gasteiger partial charge in [-0.1, -0.05) is 48.5 Å². The molecular formula is C28H27FN2O3S2. The average Bonchev–Trinajstić information content (AvgIpc) is 3.28. The van der Waals surface area contributed by atoms with Gasteiger partial charge in [0.2, 0.25) is 15.9 Å².